The molecule has 0 aromatic heterocycles. The molecule has 27 heavy (non-hydrogen) atoms. The van der Waals surface area contributed by atoms with E-state index in [1.54, 1.807) is 18.2 Å². The molecule has 0 spiro atoms. The second kappa shape index (κ2) is 6.79. The first kappa shape index (κ1) is 19.1. The van der Waals surface area contributed by atoms with Crippen molar-refractivity contribution in [1.29, 1.82) is 0 Å². The number of carbonyl (C=O) groups is 1. The number of benzene rings is 2. The first-order valence-corrected chi connectivity index (χ1v) is 8.26. The maximum atomic E-state index is 12.8. The Balaban J connectivity index is 1.99. The maximum Gasteiger partial charge on any atom is 0.416 e. The molecule has 0 unspecified atom stereocenters. The number of alkyl halides is 3. The molecule has 144 valence electrons. The lowest BCUT2D eigenvalue weighted by Crippen LogP contribution is -2.24. The third-order valence-corrected chi connectivity index (χ3v) is 5.05. The monoisotopic (exact) mass is 380 g/mol. The molecule has 1 aliphatic carbocycles. The smallest absolute Gasteiger partial charge is 0.416 e. The Kier molecular flexibility index (Phi) is 4.80. The fourth-order valence-electron chi connectivity index (χ4n) is 3.53. The van der Waals surface area contributed by atoms with Crippen LogP contribution in [-0.2, 0) is 21.1 Å². The van der Waals surface area contributed by atoms with E-state index in [1.165, 1.54) is 33.5 Å². The zero-order chi connectivity index (χ0) is 19.8. The summed E-state index contributed by atoms with van der Waals surface area (Å²) in [5.74, 6) is 0.286. The summed E-state index contributed by atoms with van der Waals surface area (Å²) >= 11 is 0. The van der Waals surface area contributed by atoms with E-state index >= 15 is 0 Å². The number of hydrogen-bond donors (Lipinski definition) is 0. The molecule has 2 atom stereocenters. The van der Waals surface area contributed by atoms with Gasteiger partial charge in [0, 0.05) is 5.92 Å². The highest BCUT2D eigenvalue weighted by Crippen LogP contribution is 2.62. The number of ether oxygens (including phenoxy) is 3. The summed E-state index contributed by atoms with van der Waals surface area (Å²) in [6, 6.07) is 10.1. The largest absolute Gasteiger partial charge is 0.493 e. The lowest BCUT2D eigenvalue weighted by Gasteiger charge is -2.18. The minimum absolute atomic E-state index is 0.273. The standard InChI is InChI=1S/C20H19F3O4/c1-25-16-9-8-14(10-17(16)26-2)19(18(24)27-3)11-15(19)12-4-6-13(7-5-12)20(21,22)23/h4-10,15H,11H2,1-3H3/t15-,19-/m1/s1. The minimum atomic E-state index is -4.40. The molecule has 2 aromatic carbocycles. The van der Waals surface area contributed by atoms with E-state index in [9.17, 15) is 18.0 Å². The van der Waals surface area contributed by atoms with Crippen LogP contribution in [0.2, 0.25) is 0 Å². The van der Waals surface area contributed by atoms with Gasteiger partial charge in [0.25, 0.3) is 0 Å². The Labute approximate surface area is 154 Å². The summed E-state index contributed by atoms with van der Waals surface area (Å²) < 4.78 is 53.9. The van der Waals surface area contributed by atoms with Gasteiger partial charge in [-0.05, 0) is 41.8 Å². The molecule has 0 heterocycles. The van der Waals surface area contributed by atoms with Crippen LogP contribution >= 0.6 is 0 Å². The molecule has 4 nitrogen and oxygen atoms in total. The van der Waals surface area contributed by atoms with Crippen LogP contribution in [0.5, 0.6) is 11.5 Å². The Morgan fingerprint density at radius 1 is 1.00 bits per heavy atom. The summed E-state index contributed by atoms with van der Waals surface area (Å²) in [5, 5.41) is 0. The lowest BCUT2D eigenvalue weighted by molar-refractivity contribution is -0.144. The summed E-state index contributed by atoms with van der Waals surface area (Å²) in [6.45, 7) is 0. The van der Waals surface area contributed by atoms with Crippen LogP contribution in [0.25, 0.3) is 0 Å². The average molecular weight is 380 g/mol. The quantitative estimate of drug-likeness (QED) is 0.725. The molecule has 1 aliphatic rings. The molecule has 0 N–H and O–H groups in total. The van der Waals surface area contributed by atoms with Crippen molar-refractivity contribution in [2.24, 2.45) is 0 Å². The fraction of sp³-hybridized carbons (Fsp3) is 0.350. The highest BCUT2D eigenvalue weighted by atomic mass is 19.4. The minimum Gasteiger partial charge on any atom is -0.493 e. The molecule has 0 saturated heterocycles. The van der Waals surface area contributed by atoms with E-state index in [1.807, 2.05) is 0 Å². The van der Waals surface area contributed by atoms with Crippen LogP contribution in [0.4, 0.5) is 13.2 Å². The molecule has 2 aromatic rings. The predicted molar refractivity (Wildman–Crippen MR) is 92.0 cm³/mol. The van der Waals surface area contributed by atoms with Crippen molar-refractivity contribution < 1.29 is 32.2 Å². The van der Waals surface area contributed by atoms with Gasteiger partial charge in [-0.15, -0.1) is 0 Å². The first-order chi connectivity index (χ1) is 12.8. The van der Waals surface area contributed by atoms with Gasteiger partial charge in [-0.25, -0.2) is 0 Å². The molecule has 1 fully saturated rings. The number of esters is 1. The molecule has 0 aliphatic heterocycles. The van der Waals surface area contributed by atoms with E-state index in [-0.39, 0.29) is 5.92 Å². The lowest BCUT2D eigenvalue weighted by atomic mass is 9.90. The third-order valence-electron chi connectivity index (χ3n) is 5.05. The topological polar surface area (TPSA) is 44.8 Å². The Bertz CT molecular complexity index is 845. The molecule has 0 radical (unpaired) electrons. The van der Waals surface area contributed by atoms with Gasteiger partial charge in [-0.1, -0.05) is 18.2 Å². The van der Waals surface area contributed by atoms with Crippen LogP contribution < -0.4 is 9.47 Å². The van der Waals surface area contributed by atoms with Crippen LogP contribution in [-0.4, -0.2) is 27.3 Å². The van der Waals surface area contributed by atoms with E-state index in [0.717, 1.165) is 12.1 Å². The first-order valence-electron chi connectivity index (χ1n) is 8.26. The van der Waals surface area contributed by atoms with Crippen LogP contribution in [0.3, 0.4) is 0 Å². The van der Waals surface area contributed by atoms with Crippen molar-refractivity contribution in [3.05, 3.63) is 59.2 Å². The third kappa shape index (κ3) is 3.22. The van der Waals surface area contributed by atoms with Gasteiger partial charge in [0.05, 0.1) is 26.9 Å². The second-order valence-electron chi connectivity index (χ2n) is 6.41. The van der Waals surface area contributed by atoms with E-state index in [4.69, 9.17) is 14.2 Å². The predicted octanol–water partition coefficient (Wildman–Crippen LogP) is 4.32. The molecule has 1 saturated carbocycles. The van der Waals surface area contributed by atoms with Gasteiger partial charge in [0.2, 0.25) is 0 Å². The van der Waals surface area contributed by atoms with E-state index in [0.29, 0.717) is 29.0 Å². The van der Waals surface area contributed by atoms with Crippen molar-refractivity contribution in [2.75, 3.05) is 21.3 Å². The van der Waals surface area contributed by atoms with Gasteiger partial charge in [0.15, 0.2) is 11.5 Å². The molecule has 7 heteroatoms. The van der Waals surface area contributed by atoms with Gasteiger partial charge >= 0.3 is 12.1 Å². The maximum absolute atomic E-state index is 12.8. The number of halogens is 3. The van der Waals surface area contributed by atoms with Crippen molar-refractivity contribution in [3.63, 3.8) is 0 Å². The molecule has 3 rings (SSSR count). The number of carbonyl (C=O) groups excluding carboxylic acids is 1. The highest BCUT2D eigenvalue weighted by Gasteiger charge is 2.63. The number of methoxy groups -OCH3 is 3. The van der Waals surface area contributed by atoms with Crippen LogP contribution in [0, 0.1) is 0 Å². The Morgan fingerprint density at radius 2 is 1.63 bits per heavy atom. The average Bonchev–Trinajstić information content (AvgIpc) is 3.43. The van der Waals surface area contributed by atoms with Crippen molar-refractivity contribution in [1.82, 2.24) is 0 Å². The van der Waals surface area contributed by atoms with Gasteiger partial charge < -0.3 is 14.2 Å². The summed E-state index contributed by atoms with van der Waals surface area (Å²) in [5.41, 5.74) is -0.338. The summed E-state index contributed by atoms with van der Waals surface area (Å²) in [6.07, 6.45) is -3.95. The normalized spacial score (nSPS) is 21.5. The van der Waals surface area contributed by atoms with Crippen molar-refractivity contribution in [3.8, 4) is 11.5 Å². The van der Waals surface area contributed by atoms with Gasteiger partial charge in [-0.2, -0.15) is 13.2 Å². The Morgan fingerprint density at radius 3 is 2.15 bits per heavy atom. The molecular weight excluding hydrogens is 361 g/mol. The molecular formula is C20H19F3O4. The van der Waals surface area contributed by atoms with Crippen molar-refractivity contribution in [2.45, 2.75) is 23.9 Å². The van der Waals surface area contributed by atoms with E-state index in [2.05, 4.69) is 0 Å². The zero-order valence-corrected chi connectivity index (χ0v) is 15.1. The number of rotatable bonds is 5. The summed E-state index contributed by atoms with van der Waals surface area (Å²) in [4.78, 5) is 12.6. The van der Waals surface area contributed by atoms with Gasteiger partial charge in [-0.3, -0.25) is 4.79 Å². The second-order valence-corrected chi connectivity index (χ2v) is 6.41. The Hall–Kier alpha value is -2.70. The van der Waals surface area contributed by atoms with E-state index < -0.39 is 23.1 Å². The fourth-order valence-corrected chi connectivity index (χ4v) is 3.53. The van der Waals surface area contributed by atoms with Crippen molar-refractivity contribution >= 4 is 5.97 Å². The van der Waals surface area contributed by atoms with Crippen LogP contribution in [0.15, 0.2) is 42.5 Å². The summed E-state index contributed by atoms with van der Waals surface area (Å²) in [7, 11) is 4.30. The molecule has 0 amide bonds. The van der Waals surface area contributed by atoms with Crippen LogP contribution in [0.1, 0.15) is 29.0 Å². The molecule has 0 bridgehead atoms. The highest BCUT2D eigenvalue weighted by molar-refractivity contribution is 5.89. The number of hydrogen-bond acceptors (Lipinski definition) is 4. The SMILES string of the molecule is COC(=O)[C@@]1(c2ccc(OC)c(OC)c2)C[C@@H]1c1ccc(C(F)(F)F)cc1. The van der Waals surface area contributed by atoms with Gasteiger partial charge in [0.1, 0.15) is 5.41 Å². The zero-order valence-electron chi connectivity index (χ0n) is 15.1.